The van der Waals surface area contributed by atoms with E-state index in [1.165, 1.54) is 0 Å². The topological polar surface area (TPSA) is 67.8 Å². The van der Waals surface area contributed by atoms with E-state index in [4.69, 9.17) is 4.74 Å². The lowest BCUT2D eigenvalue weighted by Gasteiger charge is -2.10. The molecule has 0 atom stereocenters. The predicted octanol–water partition coefficient (Wildman–Crippen LogP) is 3.19. The number of hydrogen-bond acceptors (Lipinski definition) is 4. The van der Waals surface area contributed by atoms with Gasteiger partial charge in [-0.2, -0.15) is 18.4 Å². The number of aryl methyl sites for hydroxylation is 2. The Balaban J connectivity index is 1.87. The van der Waals surface area contributed by atoms with E-state index < -0.39 is 10.0 Å². The molecule has 1 N–H and O–H groups in total. The largest absolute Gasteiger partial charge is 0.489 e. The summed E-state index contributed by atoms with van der Waals surface area (Å²) in [7, 11) is -3.69. The summed E-state index contributed by atoms with van der Waals surface area (Å²) in [4.78, 5) is 2.54. The van der Waals surface area contributed by atoms with Crippen LogP contribution in [0.15, 0.2) is 65.1 Å². The van der Waals surface area contributed by atoms with Crippen molar-refractivity contribution >= 4 is 15.7 Å². The summed E-state index contributed by atoms with van der Waals surface area (Å²) in [5.74, 6) is 0.697. The van der Waals surface area contributed by atoms with Crippen LogP contribution < -0.4 is 9.57 Å². The van der Waals surface area contributed by atoms with E-state index in [0.29, 0.717) is 24.5 Å². The Bertz CT molecular complexity index is 916. The van der Waals surface area contributed by atoms with Gasteiger partial charge in [-0.05, 0) is 43.5 Å². The van der Waals surface area contributed by atoms with Crippen LogP contribution in [0.2, 0.25) is 0 Å². The molecule has 2 aromatic carbocycles. The standard InChI is InChI=1S/C19H20N2O3S/c1-3-13-24-18-6-4-5-15-9-12-17(19(15)18)20-21-25(22,23)16-10-7-14(2)8-11-16/h3-8,10-11,21H,1,9,12-13H2,2H3/b20-17+. The van der Waals surface area contributed by atoms with Gasteiger partial charge in [0.25, 0.3) is 10.0 Å². The average Bonchev–Trinajstić information content (AvgIpc) is 3.02. The van der Waals surface area contributed by atoms with Gasteiger partial charge in [0, 0.05) is 5.56 Å². The van der Waals surface area contributed by atoms with Crippen LogP contribution in [0.1, 0.15) is 23.1 Å². The zero-order valence-corrected chi connectivity index (χ0v) is 14.8. The van der Waals surface area contributed by atoms with Gasteiger partial charge in [-0.1, -0.05) is 42.5 Å². The molecule has 3 rings (SSSR count). The number of benzene rings is 2. The Morgan fingerprint density at radius 3 is 2.68 bits per heavy atom. The molecule has 6 heteroatoms. The van der Waals surface area contributed by atoms with Crippen molar-refractivity contribution in [3.05, 3.63) is 71.8 Å². The van der Waals surface area contributed by atoms with Gasteiger partial charge >= 0.3 is 0 Å². The van der Waals surface area contributed by atoms with Crippen LogP contribution in [0.4, 0.5) is 0 Å². The highest BCUT2D eigenvalue weighted by molar-refractivity contribution is 7.89. The van der Waals surface area contributed by atoms with Gasteiger partial charge in [0.2, 0.25) is 0 Å². The second kappa shape index (κ2) is 7.11. The van der Waals surface area contributed by atoms with Crippen LogP contribution in [0.25, 0.3) is 0 Å². The number of fused-ring (bicyclic) bond motifs is 1. The Labute approximate surface area is 148 Å². The maximum atomic E-state index is 12.4. The van der Waals surface area contributed by atoms with Gasteiger partial charge in [-0.3, -0.25) is 0 Å². The van der Waals surface area contributed by atoms with E-state index in [0.717, 1.165) is 23.1 Å². The first-order valence-corrected chi connectivity index (χ1v) is 9.50. The Morgan fingerprint density at radius 1 is 1.20 bits per heavy atom. The van der Waals surface area contributed by atoms with Crippen molar-refractivity contribution in [1.82, 2.24) is 4.83 Å². The SMILES string of the molecule is C=CCOc1cccc2c1/C(=N/NS(=O)(=O)c1ccc(C)cc1)CC2. The molecule has 1 aliphatic rings. The van der Waals surface area contributed by atoms with E-state index in [1.807, 2.05) is 25.1 Å². The second-order valence-corrected chi connectivity index (χ2v) is 7.52. The van der Waals surface area contributed by atoms with Crippen molar-refractivity contribution in [2.24, 2.45) is 5.10 Å². The lowest BCUT2D eigenvalue weighted by Crippen LogP contribution is -2.20. The Morgan fingerprint density at radius 2 is 1.96 bits per heavy atom. The summed E-state index contributed by atoms with van der Waals surface area (Å²) in [6.45, 7) is 5.94. The van der Waals surface area contributed by atoms with Crippen molar-refractivity contribution in [1.29, 1.82) is 0 Å². The van der Waals surface area contributed by atoms with Crippen LogP contribution in [0.5, 0.6) is 5.75 Å². The summed E-state index contributed by atoms with van der Waals surface area (Å²) in [5.41, 5.74) is 3.66. The molecule has 0 aromatic heterocycles. The Kier molecular flexibility index (Phi) is 4.90. The minimum absolute atomic E-state index is 0.192. The molecule has 0 spiro atoms. The predicted molar refractivity (Wildman–Crippen MR) is 98.5 cm³/mol. The van der Waals surface area contributed by atoms with Crippen LogP contribution >= 0.6 is 0 Å². The first-order valence-electron chi connectivity index (χ1n) is 8.02. The number of nitrogens with zero attached hydrogens (tertiary/aromatic N) is 1. The molecule has 0 radical (unpaired) electrons. The third-order valence-electron chi connectivity index (χ3n) is 4.02. The van der Waals surface area contributed by atoms with Gasteiger partial charge in [-0.15, -0.1) is 0 Å². The normalized spacial score (nSPS) is 15.0. The van der Waals surface area contributed by atoms with Gasteiger partial charge in [-0.25, -0.2) is 0 Å². The summed E-state index contributed by atoms with van der Waals surface area (Å²) >= 11 is 0. The van der Waals surface area contributed by atoms with Crippen LogP contribution in [0.3, 0.4) is 0 Å². The molecule has 0 bridgehead atoms. The van der Waals surface area contributed by atoms with Crippen molar-refractivity contribution in [2.45, 2.75) is 24.7 Å². The molecule has 5 nitrogen and oxygen atoms in total. The van der Waals surface area contributed by atoms with E-state index >= 15 is 0 Å². The highest BCUT2D eigenvalue weighted by Gasteiger charge is 2.23. The lowest BCUT2D eigenvalue weighted by atomic mass is 10.1. The number of hydrazone groups is 1. The number of sulfonamides is 1. The number of ether oxygens (including phenoxy) is 1. The molecule has 0 heterocycles. The minimum atomic E-state index is -3.69. The van der Waals surface area contributed by atoms with Crippen LogP contribution in [0, 0.1) is 6.92 Å². The van der Waals surface area contributed by atoms with Gasteiger partial charge < -0.3 is 4.74 Å². The number of nitrogens with one attached hydrogen (secondary N) is 1. The summed E-state index contributed by atoms with van der Waals surface area (Å²) < 4.78 is 30.5. The molecular formula is C19H20N2O3S. The molecule has 0 aliphatic heterocycles. The first kappa shape index (κ1) is 17.2. The third-order valence-corrected chi connectivity index (χ3v) is 5.25. The van der Waals surface area contributed by atoms with Gasteiger partial charge in [0.15, 0.2) is 0 Å². The molecule has 1 aliphatic carbocycles. The molecule has 0 amide bonds. The second-order valence-electron chi connectivity index (χ2n) is 5.86. The van der Waals surface area contributed by atoms with Crippen molar-refractivity contribution < 1.29 is 13.2 Å². The molecule has 130 valence electrons. The molecule has 0 saturated carbocycles. The molecule has 25 heavy (non-hydrogen) atoms. The third kappa shape index (κ3) is 3.74. The zero-order chi connectivity index (χ0) is 17.9. The maximum absolute atomic E-state index is 12.4. The fourth-order valence-corrected chi connectivity index (χ4v) is 3.59. The first-order chi connectivity index (χ1) is 12.0. The highest BCUT2D eigenvalue weighted by atomic mass is 32.2. The van der Waals surface area contributed by atoms with Crippen molar-refractivity contribution in [3.63, 3.8) is 0 Å². The molecule has 2 aromatic rings. The minimum Gasteiger partial charge on any atom is -0.489 e. The lowest BCUT2D eigenvalue weighted by molar-refractivity contribution is 0.362. The van der Waals surface area contributed by atoms with E-state index in [-0.39, 0.29) is 4.90 Å². The molecule has 0 fully saturated rings. The average molecular weight is 356 g/mol. The molecule has 0 saturated heterocycles. The van der Waals surface area contributed by atoms with Gasteiger partial charge in [0.05, 0.1) is 10.6 Å². The van der Waals surface area contributed by atoms with Crippen molar-refractivity contribution in [3.8, 4) is 5.75 Å². The summed E-state index contributed by atoms with van der Waals surface area (Å²) in [6.07, 6.45) is 3.15. The summed E-state index contributed by atoms with van der Waals surface area (Å²) in [5, 5.41) is 4.18. The van der Waals surface area contributed by atoms with E-state index in [1.54, 1.807) is 30.3 Å². The van der Waals surface area contributed by atoms with E-state index in [9.17, 15) is 8.42 Å². The summed E-state index contributed by atoms with van der Waals surface area (Å²) in [6, 6.07) is 12.4. The fraction of sp³-hybridized carbons (Fsp3) is 0.211. The quantitative estimate of drug-likeness (QED) is 0.638. The zero-order valence-electron chi connectivity index (χ0n) is 14.0. The van der Waals surface area contributed by atoms with Crippen molar-refractivity contribution in [2.75, 3.05) is 6.61 Å². The number of hydrogen-bond donors (Lipinski definition) is 1. The number of rotatable bonds is 6. The molecular weight excluding hydrogens is 336 g/mol. The maximum Gasteiger partial charge on any atom is 0.276 e. The van der Waals surface area contributed by atoms with Crippen LogP contribution in [-0.4, -0.2) is 20.7 Å². The van der Waals surface area contributed by atoms with E-state index in [2.05, 4.69) is 16.5 Å². The Hall–Kier alpha value is -2.60. The highest BCUT2D eigenvalue weighted by Crippen LogP contribution is 2.31. The monoisotopic (exact) mass is 356 g/mol. The smallest absolute Gasteiger partial charge is 0.276 e. The molecule has 0 unspecified atom stereocenters. The van der Waals surface area contributed by atoms with Crippen LogP contribution in [-0.2, 0) is 16.4 Å². The fourth-order valence-electron chi connectivity index (χ4n) is 2.76. The van der Waals surface area contributed by atoms with Gasteiger partial charge in [0.1, 0.15) is 12.4 Å².